The van der Waals surface area contributed by atoms with Gasteiger partial charge in [0.1, 0.15) is 6.61 Å². The Kier molecular flexibility index (Phi) is 22.5. The molecule has 228 valence electrons. The van der Waals surface area contributed by atoms with Gasteiger partial charge in [0.2, 0.25) is 6.10 Å². The van der Waals surface area contributed by atoms with Gasteiger partial charge in [-0.15, -0.1) is 0 Å². The molecule has 1 aromatic rings. The lowest BCUT2D eigenvalue weighted by atomic mass is 10.1. The highest BCUT2D eigenvalue weighted by Gasteiger charge is 2.26. The molecule has 0 saturated carbocycles. The lowest BCUT2D eigenvalue weighted by molar-refractivity contribution is -0.156. The van der Waals surface area contributed by atoms with E-state index in [2.05, 4.69) is 13.8 Å². The second-order valence-electron chi connectivity index (χ2n) is 10.5. The minimum absolute atomic E-state index is 0.00698. The van der Waals surface area contributed by atoms with Crippen molar-refractivity contribution < 1.29 is 33.3 Å². The van der Waals surface area contributed by atoms with Crippen molar-refractivity contribution >= 4 is 18.1 Å². The van der Waals surface area contributed by atoms with E-state index in [-0.39, 0.29) is 26.1 Å². The van der Waals surface area contributed by atoms with Crippen molar-refractivity contribution in [1.29, 1.82) is 0 Å². The molecule has 0 aliphatic carbocycles. The lowest BCUT2D eigenvalue weighted by Gasteiger charge is -2.16. The average Bonchev–Trinajstić information content (AvgIpc) is 2.96. The standard InChI is InChI=1S/C33H54O7/c1-3-5-7-9-11-13-15-20-26-37-31(34)25-24-30(40-33(36)39-28-29-22-18-17-19-23-29)32(35)38-27-21-16-14-12-10-8-6-4-2/h17-19,22-23,30H,3-16,20-21,24-28H2,1-2H3. The molecule has 1 atom stereocenters. The van der Waals surface area contributed by atoms with Gasteiger partial charge in [-0.2, -0.15) is 0 Å². The first kappa shape index (κ1) is 35.5. The summed E-state index contributed by atoms with van der Waals surface area (Å²) in [6, 6.07) is 9.20. The zero-order valence-corrected chi connectivity index (χ0v) is 25.2. The van der Waals surface area contributed by atoms with E-state index in [0.29, 0.717) is 6.61 Å². The molecule has 1 rings (SSSR count). The Bertz CT molecular complexity index is 765. The predicted molar refractivity (Wildman–Crippen MR) is 158 cm³/mol. The van der Waals surface area contributed by atoms with Crippen LogP contribution in [0.1, 0.15) is 135 Å². The van der Waals surface area contributed by atoms with E-state index in [0.717, 1.165) is 44.1 Å². The maximum atomic E-state index is 12.7. The highest BCUT2D eigenvalue weighted by molar-refractivity contribution is 5.78. The van der Waals surface area contributed by atoms with Gasteiger partial charge in [0, 0.05) is 12.8 Å². The zero-order valence-electron chi connectivity index (χ0n) is 25.2. The van der Waals surface area contributed by atoms with Gasteiger partial charge in [0.25, 0.3) is 0 Å². The van der Waals surface area contributed by atoms with E-state index in [9.17, 15) is 14.4 Å². The van der Waals surface area contributed by atoms with Crippen LogP contribution >= 0.6 is 0 Å². The van der Waals surface area contributed by atoms with Gasteiger partial charge in [0.15, 0.2) is 0 Å². The molecular formula is C33H54O7. The van der Waals surface area contributed by atoms with Gasteiger partial charge >= 0.3 is 18.1 Å². The maximum absolute atomic E-state index is 12.7. The number of carbonyl (C=O) groups excluding carboxylic acids is 3. The van der Waals surface area contributed by atoms with E-state index in [1.165, 1.54) is 64.2 Å². The summed E-state index contributed by atoms with van der Waals surface area (Å²) in [5.41, 5.74) is 0.804. The van der Waals surface area contributed by atoms with Crippen molar-refractivity contribution in [2.45, 2.75) is 142 Å². The summed E-state index contributed by atoms with van der Waals surface area (Å²) >= 11 is 0. The van der Waals surface area contributed by atoms with Gasteiger partial charge in [-0.3, -0.25) is 4.79 Å². The molecule has 0 amide bonds. The van der Waals surface area contributed by atoms with E-state index in [1.54, 1.807) is 0 Å². The second kappa shape index (κ2) is 25.4. The summed E-state index contributed by atoms with van der Waals surface area (Å²) in [7, 11) is 0. The van der Waals surface area contributed by atoms with Crippen LogP contribution in [0.15, 0.2) is 30.3 Å². The Labute approximate surface area is 242 Å². The van der Waals surface area contributed by atoms with Crippen molar-refractivity contribution in [1.82, 2.24) is 0 Å². The van der Waals surface area contributed by atoms with Crippen LogP contribution in [-0.2, 0) is 35.1 Å². The van der Waals surface area contributed by atoms with Crippen molar-refractivity contribution in [2.24, 2.45) is 0 Å². The molecule has 0 N–H and O–H groups in total. The fraction of sp³-hybridized carbons (Fsp3) is 0.727. The Balaban J connectivity index is 2.37. The first-order chi connectivity index (χ1) is 19.6. The molecule has 40 heavy (non-hydrogen) atoms. The molecule has 7 nitrogen and oxygen atoms in total. The lowest BCUT2D eigenvalue weighted by Crippen LogP contribution is -2.30. The molecular weight excluding hydrogens is 508 g/mol. The molecule has 7 heteroatoms. The molecule has 0 spiro atoms. The van der Waals surface area contributed by atoms with Gasteiger partial charge < -0.3 is 18.9 Å². The average molecular weight is 563 g/mol. The molecule has 0 heterocycles. The van der Waals surface area contributed by atoms with Crippen LogP contribution in [0.5, 0.6) is 0 Å². The van der Waals surface area contributed by atoms with Gasteiger partial charge in [-0.1, -0.05) is 134 Å². The van der Waals surface area contributed by atoms with Crippen molar-refractivity contribution in [3.63, 3.8) is 0 Å². The highest BCUT2D eigenvalue weighted by atomic mass is 16.7. The smallest absolute Gasteiger partial charge is 0.466 e. The minimum Gasteiger partial charge on any atom is -0.466 e. The number of benzene rings is 1. The zero-order chi connectivity index (χ0) is 29.1. The third kappa shape index (κ3) is 20.3. The number of esters is 2. The van der Waals surface area contributed by atoms with Crippen LogP contribution in [0.3, 0.4) is 0 Å². The maximum Gasteiger partial charge on any atom is 0.509 e. The number of hydrogen-bond acceptors (Lipinski definition) is 7. The van der Waals surface area contributed by atoms with Gasteiger partial charge in [-0.25, -0.2) is 9.59 Å². The highest BCUT2D eigenvalue weighted by Crippen LogP contribution is 2.13. The van der Waals surface area contributed by atoms with Crippen LogP contribution in [0.4, 0.5) is 4.79 Å². The molecule has 0 fully saturated rings. The molecule has 1 unspecified atom stereocenters. The van der Waals surface area contributed by atoms with Crippen molar-refractivity contribution in [3.8, 4) is 0 Å². The summed E-state index contributed by atoms with van der Waals surface area (Å²) in [5.74, 6) is -1.07. The summed E-state index contributed by atoms with van der Waals surface area (Å²) in [6.07, 6.45) is 16.1. The largest absolute Gasteiger partial charge is 0.509 e. The van der Waals surface area contributed by atoms with E-state index < -0.39 is 24.2 Å². The fourth-order valence-electron chi connectivity index (χ4n) is 4.34. The number of unbranched alkanes of at least 4 members (excludes halogenated alkanes) is 14. The minimum atomic E-state index is -1.21. The van der Waals surface area contributed by atoms with E-state index in [1.807, 2.05) is 30.3 Å². The molecule has 0 aliphatic rings. The summed E-state index contributed by atoms with van der Waals surface area (Å²) < 4.78 is 21.1. The van der Waals surface area contributed by atoms with E-state index in [4.69, 9.17) is 18.9 Å². The van der Waals surface area contributed by atoms with Gasteiger partial charge in [0.05, 0.1) is 13.2 Å². The third-order valence-electron chi connectivity index (χ3n) is 6.81. The van der Waals surface area contributed by atoms with Crippen LogP contribution in [0, 0.1) is 0 Å². The summed E-state index contributed by atoms with van der Waals surface area (Å²) in [6.45, 7) is 5.06. The van der Waals surface area contributed by atoms with Crippen molar-refractivity contribution in [2.75, 3.05) is 13.2 Å². The Morgan fingerprint density at radius 2 is 1.12 bits per heavy atom. The topological polar surface area (TPSA) is 88.1 Å². The first-order valence-corrected chi connectivity index (χ1v) is 15.8. The number of carbonyl (C=O) groups is 3. The molecule has 1 aromatic carbocycles. The normalized spacial score (nSPS) is 11.6. The van der Waals surface area contributed by atoms with Crippen LogP contribution in [0.25, 0.3) is 0 Å². The number of hydrogen-bond donors (Lipinski definition) is 0. The fourth-order valence-corrected chi connectivity index (χ4v) is 4.34. The third-order valence-corrected chi connectivity index (χ3v) is 6.81. The molecule has 0 aliphatic heterocycles. The van der Waals surface area contributed by atoms with Crippen LogP contribution in [0.2, 0.25) is 0 Å². The number of ether oxygens (including phenoxy) is 4. The van der Waals surface area contributed by atoms with Crippen LogP contribution < -0.4 is 0 Å². The summed E-state index contributed by atoms with van der Waals surface area (Å²) in [5, 5.41) is 0. The molecule has 0 aromatic heterocycles. The number of rotatable bonds is 25. The van der Waals surface area contributed by atoms with E-state index >= 15 is 0 Å². The Morgan fingerprint density at radius 3 is 1.68 bits per heavy atom. The molecule has 0 radical (unpaired) electrons. The quantitative estimate of drug-likeness (QED) is 0.0668. The Hall–Kier alpha value is -2.57. The summed E-state index contributed by atoms with van der Waals surface area (Å²) in [4.78, 5) is 37.2. The van der Waals surface area contributed by atoms with Crippen LogP contribution in [-0.4, -0.2) is 37.4 Å². The van der Waals surface area contributed by atoms with Gasteiger partial charge in [-0.05, 0) is 18.4 Å². The molecule has 0 saturated heterocycles. The van der Waals surface area contributed by atoms with Crippen molar-refractivity contribution in [3.05, 3.63) is 35.9 Å². The first-order valence-electron chi connectivity index (χ1n) is 15.8. The second-order valence-corrected chi connectivity index (χ2v) is 10.5. The monoisotopic (exact) mass is 562 g/mol. The SMILES string of the molecule is CCCCCCCCCCOC(=O)CCC(OC(=O)OCc1ccccc1)C(=O)OCCCCCCCCCC. The predicted octanol–water partition coefficient (Wildman–Crippen LogP) is 8.86. The Morgan fingerprint density at radius 1 is 0.625 bits per heavy atom. The molecule has 0 bridgehead atoms.